The molecule has 0 N–H and O–H groups in total. The predicted molar refractivity (Wildman–Crippen MR) is 58.8 cm³/mol. The van der Waals surface area contributed by atoms with Gasteiger partial charge in [0.1, 0.15) is 0 Å². The van der Waals surface area contributed by atoms with E-state index in [1.165, 1.54) is 0 Å². The van der Waals surface area contributed by atoms with Crippen LogP contribution in [0.3, 0.4) is 0 Å². The molecule has 0 saturated heterocycles. The van der Waals surface area contributed by atoms with Crippen molar-refractivity contribution in [2.24, 2.45) is 5.92 Å². The summed E-state index contributed by atoms with van der Waals surface area (Å²) in [6, 6.07) is 0. The van der Waals surface area contributed by atoms with E-state index in [-0.39, 0.29) is 5.60 Å². The van der Waals surface area contributed by atoms with Crippen LogP contribution in [0.2, 0.25) is 0 Å². The lowest BCUT2D eigenvalue weighted by Gasteiger charge is -2.30. The van der Waals surface area contributed by atoms with E-state index < -0.39 is 0 Å². The standard InChI is InChI=1S/C12H22O/c1-6-8-12(5,10-11(3)4)13-9-7-2/h6-7,11H,1-2,8-10H2,3-5H3. The quantitative estimate of drug-likeness (QED) is 0.547. The maximum absolute atomic E-state index is 5.74. The Morgan fingerprint density at radius 1 is 1.31 bits per heavy atom. The summed E-state index contributed by atoms with van der Waals surface area (Å²) in [6.45, 7) is 14.6. The van der Waals surface area contributed by atoms with Crippen molar-refractivity contribution in [2.75, 3.05) is 6.61 Å². The Balaban J connectivity index is 4.13. The Bertz CT molecular complexity index is 161. The second-order valence-electron chi connectivity index (χ2n) is 4.14. The van der Waals surface area contributed by atoms with Gasteiger partial charge in [0.2, 0.25) is 0 Å². The van der Waals surface area contributed by atoms with Gasteiger partial charge >= 0.3 is 0 Å². The first kappa shape index (κ1) is 12.4. The maximum atomic E-state index is 5.74. The molecular formula is C12H22O. The Morgan fingerprint density at radius 3 is 2.31 bits per heavy atom. The van der Waals surface area contributed by atoms with Gasteiger partial charge in [0.25, 0.3) is 0 Å². The first-order valence-corrected chi connectivity index (χ1v) is 4.90. The van der Waals surface area contributed by atoms with Crippen LogP contribution in [-0.4, -0.2) is 12.2 Å². The molecule has 0 amide bonds. The van der Waals surface area contributed by atoms with E-state index in [1.807, 2.05) is 6.08 Å². The minimum absolute atomic E-state index is 0.0654. The van der Waals surface area contributed by atoms with Gasteiger partial charge in [-0.1, -0.05) is 26.0 Å². The Hall–Kier alpha value is -0.560. The second-order valence-corrected chi connectivity index (χ2v) is 4.14. The van der Waals surface area contributed by atoms with Crippen molar-refractivity contribution in [1.29, 1.82) is 0 Å². The third kappa shape index (κ3) is 5.64. The highest BCUT2D eigenvalue weighted by Crippen LogP contribution is 2.24. The summed E-state index contributed by atoms with van der Waals surface area (Å²) in [5.74, 6) is 0.648. The largest absolute Gasteiger partial charge is 0.371 e. The van der Waals surface area contributed by atoms with Crippen molar-refractivity contribution in [1.82, 2.24) is 0 Å². The predicted octanol–water partition coefficient (Wildman–Crippen LogP) is 3.57. The molecule has 1 heteroatoms. The van der Waals surface area contributed by atoms with Crippen molar-refractivity contribution in [2.45, 2.75) is 39.2 Å². The summed E-state index contributed by atoms with van der Waals surface area (Å²) in [4.78, 5) is 0. The average Bonchev–Trinajstić information content (AvgIpc) is 2.00. The average molecular weight is 182 g/mol. The molecule has 13 heavy (non-hydrogen) atoms. The van der Waals surface area contributed by atoms with Gasteiger partial charge in [-0.05, 0) is 25.7 Å². The van der Waals surface area contributed by atoms with Gasteiger partial charge in [-0.25, -0.2) is 0 Å². The molecule has 0 aromatic rings. The molecule has 0 rings (SSSR count). The molecule has 0 aliphatic rings. The minimum atomic E-state index is -0.0654. The Kier molecular flexibility index (Phi) is 5.72. The highest BCUT2D eigenvalue weighted by Gasteiger charge is 2.23. The lowest BCUT2D eigenvalue weighted by atomic mass is 9.91. The van der Waals surface area contributed by atoms with Crippen LogP contribution in [0.5, 0.6) is 0 Å². The molecule has 0 aliphatic heterocycles. The highest BCUT2D eigenvalue weighted by molar-refractivity contribution is 4.86. The van der Waals surface area contributed by atoms with Gasteiger partial charge < -0.3 is 4.74 Å². The zero-order valence-electron chi connectivity index (χ0n) is 9.18. The Labute approximate surface area is 82.5 Å². The highest BCUT2D eigenvalue weighted by atomic mass is 16.5. The summed E-state index contributed by atoms with van der Waals surface area (Å²) in [5.41, 5.74) is -0.0654. The fourth-order valence-electron chi connectivity index (χ4n) is 1.63. The van der Waals surface area contributed by atoms with Crippen LogP contribution in [-0.2, 0) is 4.74 Å². The molecule has 0 aliphatic carbocycles. The van der Waals surface area contributed by atoms with Crippen molar-refractivity contribution >= 4 is 0 Å². The van der Waals surface area contributed by atoms with Gasteiger partial charge in [0.15, 0.2) is 0 Å². The molecule has 0 saturated carbocycles. The summed E-state index contributed by atoms with van der Waals surface area (Å²) in [6.07, 6.45) is 5.68. The van der Waals surface area contributed by atoms with Crippen LogP contribution >= 0.6 is 0 Å². The molecule has 1 nitrogen and oxygen atoms in total. The molecular weight excluding hydrogens is 160 g/mol. The van der Waals surface area contributed by atoms with Gasteiger partial charge in [-0.2, -0.15) is 0 Å². The van der Waals surface area contributed by atoms with Gasteiger partial charge in [0, 0.05) is 0 Å². The molecule has 0 aromatic carbocycles. The van der Waals surface area contributed by atoms with E-state index >= 15 is 0 Å². The summed E-state index contributed by atoms with van der Waals surface area (Å²) < 4.78 is 5.74. The van der Waals surface area contributed by atoms with E-state index in [4.69, 9.17) is 4.74 Å². The molecule has 1 unspecified atom stereocenters. The molecule has 1 atom stereocenters. The number of hydrogen-bond donors (Lipinski definition) is 0. The molecule has 0 bridgehead atoms. The Morgan fingerprint density at radius 2 is 1.92 bits per heavy atom. The third-order valence-electron chi connectivity index (χ3n) is 1.97. The van der Waals surface area contributed by atoms with Crippen LogP contribution in [0.15, 0.2) is 25.3 Å². The van der Waals surface area contributed by atoms with E-state index in [9.17, 15) is 0 Å². The maximum Gasteiger partial charge on any atom is 0.0695 e. The van der Waals surface area contributed by atoms with Crippen molar-refractivity contribution in [3.8, 4) is 0 Å². The molecule has 76 valence electrons. The van der Waals surface area contributed by atoms with Crippen LogP contribution in [0, 0.1) is 5.92 Å². The minimum Gasteiger partial charge on any atom is -0.371 e. The van der Waals surface area contributed by atoms with Gasteiger partial charge in [-0.15, -0.1) is 13.2 Å². The van der Waals surface area contributed by atoms with Crippen LogP contribution < -0.4 is 0 Å². The van der Waals surface area contributed by atoms with Crippen molar-refractivity contribution in [3.05, 3.63) is 25.3 Å². The molecule has 0 radical (unpaired) electrons. The smallest absolute Gasteiger partial charge is 0.0695 e. The van der Waals surface area contributed by atoms with Crippen molar-refractivity contribution in [3.63, 3.8) is 0 Å². The van der Waals surface area contributed by atoms with E-state index in [0.717, 1.165) is 12.8 Å². The summed E-state index contributed by atoms with van der Waals surface area (Å²) in [7, 11) is 0. The normalized spacial score (nSPS) is 15.4. The fraction of sp³-hybridized carbons (Fsp3) is 0.667. The number of ether oxygens (including phenoxy) is 1. The lowest BCUT2D eigenvalue weighted by Crippen LogP contribution is -2.30. The molecule has 0 heterocycles. The lowest BCUT2D eigenvalue weighted by molar-refractivity contribution is -0.0285. The van der Waals surface area contributed by atoms with E-state index in [1.54, 1.807) is 6.08 Å². The first-order valence-electron chi connectivity index (χ1n) is 4.90. The topological polar surface area (TPSA) is 9.23 Å². The summed E-state index contributed by atoms with van der Waals surface area (Å²) in [5, 5.41) is 0. The number of rotatable bonds is 7. The SMILES string of the molecule is C=CCOC(C)(CC=C)CC(C)C. The fourth-order valence-corrected chi connectivity index (χ4v) is 1.63. The van der Waals surface area contributed by atoms with Gasteiger partial charge in [0.05, 0.1) is 12.2 Å². The molecule has 0 spiro atoms. The second kappa shape index (κ2) is 5.98. The van der Waals surface area contributed by atoms with Crippen LogP contribution in [0.4, 0.5) is 0 Å². The summed E-state index contributed by atoms with van der Waals surface area (Å²) >= 11 is 0. The van der Waals surface area contributed by atoms with E-state index in [0.29, 0.717) is 12.5 Å². The monoisotopic (exact) mass is 182 g/mol. The van der Waals surface area contributed by atoms with E-state index in [2.05, 4.69) is 33.9 Å². The van der Waals surface area contributed by atoms with Crippen molar-refractivity contribution < 1.29 is 4.74 Å². The van der Waals surface area contributed by atoms with Gasteiger partial charge in [-0.3, -0.25) is 0 Å². The zero-order valence-corrected chi connectivity index (χ0v) is 9.18. The third-order valence-corrected chi connectivity index (χ3v) is 1.97. The molecule has 0 aromatic heterocycles. The van der Waals surface area contributed by atoms with Crippen LogP contribution in [0.1, 0.15) is 33.6 Å². The zero-order chi connectivity index (χ0) is 10.3. The van der Waals surface area contributed by atoms with Crippen LogP contribution in [0.25, 0.3) is 0 Å². The molecule has 0 fully saturated rings. The number of hydrogen-bond acceptors (Lipinski definition) is 1. The first-order chi connectivity index (χ1) is 6.04.